The van der Waals surface area contributed by atoms with E-state index in [0.29, 0.717) is 23.9 Å². The number of rotatable bonds is 66. The molecular formula is C74H137NO8P+. The summed E-state index contributed by atoms with van der Waals surface area (Å²) in [6, 6.07) is 0. The van der Waals surface area contributed by atoms with E-state index in [9.17, 15) is 19.0 Å². The third kappa shape index (κ3) is 68.6. The minimum atomic E-state index is -4.39. The molecule has 0 heterocycles. The first-order valence-corrected chi connectivity index (χ1v) is 37.2. The van der Waals surface area contributed by atoms with Crippen molar-refractivity contribution in [1.82, 2.24) is 0 Å². The van der Waals surface area contributed by atoms with Gasteiger partial charge in [-0.1, -0.05) is 311 Å². The molecule has 0 aliphatic heterocycles. The number of esters is 2. The molecule has 0 fully saturated rings. The van der Waals surface area contributed by atoms with Crippen molar-refractivity contribution in [3.63, 3.8) is 0 Å². The largest absolute Gasteiger partial charge is 0.472 e. The zero-order valence-electron chi connectivity index (χ0n) is 55.9. The number of carbonyl (C=O) groups is 2. The van der Waals surface area contributed by atoms with Gasteiger partial charge in [-0.15, -0.1) is 0 Å². The van der Waals surface area contributed by atoms with Gasteiger partial charge in [-0.05, 0) is 83.5 Å². The van der Waals surface area contributed by atoms with Crippen molar-refractivity contribution in [3.05, 3.63) is 72.9 Å². The Kier molecular flexibility index (Phi) is 62.9. The number of unbranched alkanes of at least 4 members (excludes halogenated alkanes) is 40. The lowest BCUT2D eigenvalue weighted by Crippen LogP contribution is -2.37. The van der Waals surface area contributed by atoms with E-state index in [1.54, 1.807) is 0 Å². The van der Waals surface area contributed by atoms with Gasteiger partial charge in [0.25, 0.3) is 0 Å². The summed E-state index contributed by atoms with van der Waals surface area (Å²) < 4.78 is 34.7. The Balaban J connectivity index is 4.00. The van der Waals surface area contributed by atoms with Gasteiger partial charge in [0.2, 0.25) is 0 Å². The van der Waals surface area contributed by atoms with E-state index in [0.717, 1.165) is 70.6 Å². The van der Waals surface area contributed by atoms with Gasteiger partial charge >= 0.3 is 19.8 Å². The molecule has 0 rings (SSSR count). The Morgan fingerprint density at radius 3 is 1.02 bits per heavy atom. The van der Waals surface area contributed by atoms with Crippen LogP contribution in [0.1, 0.15) is 335 Å². The molecule has 0 bridgehead atoms. The minimum absolute atomic E-state index is 0.0303. The fourth-order valence-electron chi connectivity index (χ4n) is 10.3. The van der Waals surface area contributed by atoms with E-state index in [2.05, 4.69) is 86.8 Å². The summed E-state index contributed by atoms with van der Waals surface area (Å²) >= 11 is 0. The third-order valence-electron chi connectivity index (χ3n) is 15.7. The molecule has 1 N–H and O–H groups in total. The van der Waals surface area contributed by atoms with Gasteiger partial charge in [-0.2, -0.15) is 0 Å². The number of phosphoric ester groups is 1. The molecule has 0 aromatic carbocycles. The maximum absolute atomic E-state index is 12.9. The summed E-state index contributed by atoms with van der Waals surface area (Å²) in [4.78, 5) is 35.9. The molecule has 0 radical (unpaired) electrons. The van der Waals surface area contributed by atoms with Crippen molar-refractivity contribution in [2.24, 2.45) is 0 Å². The maximum atomic E-state index is 12.9. The van der Waals surface area contributed by atoms with Crippen molar-refractivity contribution in [3.8, 4) is 0 Å². The highest BCUT2D eigenvalue weighted by Gasteiger charge is 2.27. The molecule has 0 saturated heterocycles. The number of hydrogen-bond acceptors (Lipinski definition) is 7. The van der Waals surface area contributed by atoms with Crippen LogP contribution in [-0.2, 0) is 32.7 Å². The minimum Gasteiger partial charge on any atom is -0.462 e. The van der Waals surface area contributed by atoms with Gasteiger partial charge < -0.3 is 18.9 Å². The number of hydrogen-bond donors (Lipinski definition) is 1. The van der Waals surface area contributed by atoms with E-state index in [4.69, 9.17) is 18.5 Å². The van der Waals surface area contributed by atoms with Crippen molar-refractivity contribution in [2.45, 2.75) is 341 Å². The molecule has 10 heteroatoms. The molecule has 0 amide bonds. The SMILES string of the molecule is CC/C=C\C/C=C\C/C=C\C/C=C\C/C=C\CCCCCCCCCCCCCC(=O)OC(COC(=O)CCCCCCCCCCCCCCCCCCCCCCC/C=C\CCCCCCCCCC)COP(=O)(O)OCC[N+](C)(C)C. The first-order valence-electron chi connectivity index (χ1n) is 35.7. The zero-order valence-corrected chi connectivity index (χ0v) is 56.8. The number of phosphoric acid groups is 1. The van der Waals surface area contributed by atoms with Crippen LogP contribution >= 0.6 is 7.82 Å². The van der Waals surface area contributed by atoms with E-state index in [-0.39, 0.29) is 25.6 Å². The Labute approximate surface area is 520 Å². The molecule has 490 valence electrons. The van der Waals surface area contributed by atoms with Gasteiger partial charge in [-0.25, -0.2) is 4.57 Å². The summed E-state index contributed by atoms with van der Waals surface area (Å²) in [6.45, 7) is 4.36. The van der Waals surface area contributed by atoms with Crippen LogP contribution in [0.15, 0.2) is 72.9 Å². The number of allylic oxidation sites excluding steroid dienone is 12. The molecule has 2 atom stereocenters. The fraction of sp³-hybridized carbons (Fsp3) is 0.811. The summed E-state index contributed by atoms with van der Waals surface area (Å²) in [5.41, 5.74) is 0. The zero-order chi connectivity index (χ0) is 61.2. The van der Waals surface area contributed by atoms with Crippen molar-refractivity contribution in [1.29, 1.82) is 0 Å². The number of quaternary nitrogens is 1. The fourth-order valence-corrected chi connectivity index (χ4v) is 11.0. The first kappa shape index (κ1) is 81.5. The van der Waals surface area contributed by atoms with Crippen molar-refractivity contribution < 1.29 is 42.1 Å². The molecule has 0 aromatic rings. The number of ether oxygens (including phenoxy) is 2. The maximum Gasteiger partial charge on any atom is 0.472 e. The smallest absolute Gasteiger partial charge is 0.462 e. The van der Waals surface area contributed by atoms with Crippen molar-refractivity contribution in [2.75, 3.05) is 47.5 Å². The van der Waals surface area contributed by atoms with Crippen LogP contribution in [0.25, 0.3) is 0 Å². The molecular weight excluding hydrogens is 1060 g/mol. The van der Waals surface area contributed by atoms with Gasteiger partial charge in [-0.3, -0.25) is 18.6 Å². The Bertz CT molecular complexity index is 1650. The lowest BCUT2D eigenvalue weighted by atomic mass is 10.0. The summed E-state index contributed by atoms with van der Waals surface area (Å²) in [7, 11) is 1.48. The quantitative estimate of drug-likeness (QED) is 0.0211. The molecule has 0 aliphatic carbocycles. The van der Waals surface area contributed by atoms with E-state index < -0.39 is 26.5 Å². The van der Waals surface area contributed by atoms with Crippen LogP contribution in [0, 0.1) is 0 Å². The molecule has 0 spiro atoms. The highest BCUT2D eigenvalue weighted by atomic mass is 31.2. The topological polar surface area (TPSA) is 108 Å². The molecule has 84 heavy (non-hydrogen) atoms. The highest BCUT2D eigenvalue weighted by molar-refractivity contribution is 7.47. The molecule has 0 aliphatic rings. The van der Waals surface area contributed by atoms with Crippen LogP contribution in [0.5, 0.6) is 0 Å². The summed E-state index contributed by atoms with van der Waals surface area (Å²) in [5, 5.41) is 0. The third-order valence-corrected chi connectivity index (χ3v) is 16.7. The van der Waals surface area contributed by atoms with Crippen molar-refractivity contribution >= 4 is 19.8 Å². The number of likely N-dealkylation sites (N-methyl/N-ethyl adjacent to an activating group) is 1. The average Bonchev–Trinajstić information content (AvgIpc) is 3.61. The number of carbonyl (C=O) groups excluding carboxylic acids is 2. The lowest BCUT2D eigenvalue weighted by Gasteiger charge is -2.24. The predicted molar refractivity (Wildman–Crippen MR) is 363 cm³/mol. The van der Waals surface area contributed by atoms with E-state index in [1.807, 2.05) is 21.1 Å². The molecule has 0 saturated carbocycles. The second-order valence-electron chi connectivity index (χ2n) is 25.2. The number of nitrogens with zero attached hydrogens (tertiary/aromatic N) is 1. The molecule has 0 aromatic heterocycles. The monoisotopic (exact) mass is 1200 g/mol. The summed E-state index contributed by atoms with van der Waals surface area (Å²) in [5.74, 6) is -0.788. The van der Waals surface area contributed by atoms with Crippen LogP contribution in [-0.4, -0.2) is 74.9 Å². The van der Waals surface area contributed by atoms with E-state index in [1.165, 1.54) is 231 Å². The Hall–Kier alpha value is -2.55. The van der Waals surface area contributed by atoms with Gasteiger partial charge in [0.15, 0.2) is 6.10 Å². The van der Waals surface area contributed by atoms with E-state index >= 15 is 0 Å². The van der Waals surface area contributed by atoms with Gasteiger partial charge in [0.05, 0.1) is 27.7 Å². The lowest BCUT2D eigenvalue weighted by molar-refractivity contribution is -0.870. The Morgan fingerprint density at radius 1 is 0.381 bits per heavy atom. The molecule has 9 nitrogen and oxygen atoms in total. The van der Waals surface area contributed by atoms with Gasteiger partial charge in [0, 0.05) is 12.8 Å². The van der Waals surface area contributed by atoms with Crippen LogP contribution in [0.2, 0.25) is 0 Å². The normalized spacial score (nSPS) is 13.5. The average molecular weight is 1200 g/mol. The highest BCUT2D eigenvalue weighted by Crippen LogP contribution is 2.43. The second kappa shape index (κ2) is 64.9. The summed E-state index contributed by atoms with van der Waals surface area (Å²) in [6.07, 6.45) is 87.3. The molecule has 2 unspecified atom stereocenters. The van der Waals surface area contributed by atoms with Crippen LogP contribution in [0.3, 0.4) is 0 Å². The van der Waals surface area contributed by atoms with Gasteiger partial charge in [0.1, 0.15) is 19.8 Å². The Morgan fingerprint density at radius 2 is 0.679 bits per heavy atom. The van der Waals surface area contributed by atoms with Crippen LogP contribution in [0.4, 0.5) is 0 Å². The van der Waals surface area contributed by atoms with Crippen LogP contribution < -0.4 is 0 Å². The second-order valence-corrected chi connectivity index (χ2v) is 26.7. The standard InChI is InChI=1S/C74H136NO8P/c1-6-8-10-12-14-16-18-20-22-24-26-28-30-32-34-35-36-37-38-39-41-42-44-46-48-50-52-54-56-58-60-62-64-66-73(76)80-70-72(71-82-84(78,79)81-69-68-75(3,4)5)83-74(77)67-65-63-61-59-57-55-53-51-49-47-45-43-40-33-31-29-27-25-23-21-19-17-15-13-11-9-7-2/h9,11,15,17,21,23-24,26-27,29,33,40,72H,6-8,10,12-14,16,18-20,22,25,28,30-32,34-39,41-71H2,1-5H3/p+1/b11-9-,17-15-,23-21-,26-24-,29-27-,40-33-. The first-order chi connectivity index (χ1) is 41.0. The predicted octanol–water partition coefficient (Wildman–Crippen LogP) is 23.2.